The Morgan fingerprint density at radius 3 is 2.62 bits per heavy atom. The molecule has 5 heteroatoms. The smallest absolute Gasteiger partial charge is 0.151 e. The van der Waals surface area contributed by atoms with E-state index >= 15 is 0 Å². The highest BCUT2D eigenvalue weighted by Crippen LogP contribution is 2.29. The highest BCUT2D eigenvalue weighted by atomic mass is 35.5. The van der Waals surface area contributed by atoms with Gasteiger partial charge in [0, 0.05) is 17.7 Å². The molecule has 0 aromatic heterocycles. The van der Waals surface area contributed by atoms with E-state index in [2.05, 4.69) is 5.32 Å². The fourth-order valence-electron chi connectivity index (χ4n) is 2.15. The van der Waals surface area contributed by atoms with Gasteiger partial charge in [0.25, 0.3) is 0 Å². The lowest BCUT2D eigenvalue weighted by Gasteiger charge is -2.14. The third-order valence-electron chi connectivity index (χ3n) is 3.08. The van der Waals surface area contributed by atoms with Gasteiger partial charge in [0.1, 0.15) is 0 Å². The van der Waals surface area contributed by atoms with Crippen molar-refractivity contribution < 1.29 is 8.42 Å². The number of hydrogen-bond donors (Lipinski definition) is 1. The molecule has 2 unspecified atom stereocenters. The molecule has 96 valence electrons. The molecule has 0 bridgehead atoms. The van der Waals surface area contributed by atoms with Crippen molar-refractivity contribution in [3.8, 4) is 0 Å². The zero-order valence-electron chi connectivity index (χ0n) is 9.91. The van der Waals surface area contributed by atoms with Gasteiger partial charge in [-0.05, 0) is 31.7 Å². The van der Waals surface area contributed by atoms with E-state index in [9.17, 15) is 8.42 Å². The quantitative estimate of drug-likeness (QED) is 0.565. The van der Waals surface area contributed by atoms with Gasteiger partial charge in [-0.25, -0.2) is 8.42 Å². The van der Waals surface area contributed by atoms with Crippen LogP contribution >= 0.6 is 11.6 Å². The minimum atomic E-state index is -2.84. The van der Waals surface area contributed by atoms with Crippen molar-refractivity contribution in [2.24, 2.45) is 5.92 Å². The van der Waals surface area contributed by atoms with E-state index in [-0.39, 0.29) is 11.1 Å². The predicted molar refractivity (Wildman–Crippen MR) is 68.8 cm³/mol. The van der Waals surface area contributed by atoms with Gasteiger partial charge in [-0.3, -0.25) is 0 Å². The molecule has 0 spiro atoms. The molecule has 2 atom stereocenters. The summed E-state index contributed by atoms with van der Waals surface area (Å²) < 4.78 is 22.8. The maximum atomic E-state index is 11.4. The van der Waals surface area contributed by atoms with Gasteiger partial charge in [-0.15, -0.1) is 11.6 Å². The van der Waals surface area contributed by atoms with Crippen LogP contribution in [-0.2, 0) is 9.84 Å². The molecule has 1 N–H and O–H groups in total. The molecule has 0 amide bonds. The van der Waals surface area contributed by atoms with Gasteiger partial charge in [0.15, 0.2) is 9.84 Å². The van der Waals surface area contributed by atoms with Crippen LogP contribution < -0.4 is 5.32 Å². The third-order valence-corrected chi connectivity index (χ3v) is 5.51. The molecule has 1 fully saturated rings. The third kappa shape index (κ3) is 5.02. The summed E-state index contributed by atoms with van der Waals surface area (Å²) in [6.45, 7) is 3.31. The molecule has 0 aliphatic heterocycles. The molecule has 0 aromatic carbocycles. The maximum Gasteiger partial charge on any atom is 0.151 e. The monoisotopic (exact) mass is 267 g/mol. The Balaban J connectivity index is 2.12. The van der Waals surface area contributed by atoms with E-state index in [1.54, 1.807) is 0 Å². The lowest BCUT2D eigenvalue weighted by molar-refractivity contribution is 0.502. The molecule has 1 rings (SSSR count). The molecule has 1 aliphatic rings. The summed E-state index contributed by atoms with van der Waals surface area (Å²) in [6, 6.07) is 0. The largest absolute Gasteiger partial charge is 0.315 e. The van der Waals surface area contributed by atoms with Crippen molar-refractivity contribution in [2.75, 3.05) is 24.6 Å². The number of halogens is 1. The first-order valence-electron chi connectivity index (χ1n) is 6.10. The van der Waals surface area contributed by atoms with E-state index in [1.807, 2.05) is 6.92 Å². The van der Waals surface area contributed by atoms with Crippen molar-refractivity contribution in [1.82, 2.24) is 5.32 Å². The lowest BCUT2D eigenvalue weighted by atomic mass is 10.1. The van der Waals surface area contributed by atoms with Gasteiger partial charge in [-0.2, -0.15) is 0 Å². The summed E-state index contributed by atoms with van der Waals surface area (Å²) >= 11 is 6.14. The molecule has 0 aromatic rings. The lowest BCUT2D eigenvalue weighted by Crippen LogP contribution is -2.30. The van der Waals surface area contributed by atoms with Crippen LogP contribution in [0.5, 0.6) is 0 Å². The van der Waals surface area contributed by atoms with Gasteiger partial charge in [-0.1, -0.05) is 13.3 Å². The zero-order chi connectivity index (χ0) is 12.0. The molecule has 0 radical (unpaired) electrons. The summed E-state index contributed by atoms with van der Waals surface area (Å²) in [6.07, 6.45) is 4.17. The van der Waals surface area contributed by atoms with Gasteiger partial charge in [0.2, 0.25) is 0 Å². The normalized spacial score (nSPS) is 26.1. The number of alkyl halides is 1. The van der Waals surface area contributed by atoms with Crippen molar-refractivity contribution in [2.45, 2.75) is 38.0 Å². The first-order chi connectivity index (χ1) is 7.55. The molecule has 3 nitrogen and oxygen atoms in total. The van der Waals surface area contributed by atoms with E-state index in [0.29, 0.717) is 24.6 Å². The Kier molecular flexibility index (Phi) is 6.08. The molecule has 1 saturated carbocycles. The topological polar surface area (TPSA) is 46.2 Å². The molecular weight excluding hydrogens is 246 g/mol. The second kappa shape index (κ2) is 6.82. The van der Waals surface area contributed by atoms with Gasteiger partial charge >= 0.3 is 0 Å². The van der Waals surface area contributed by atoms with Crippen molar-refractivity contribution in [3.05, 3.63) is 0 Å². The fourth-order valence-corrected chi connectivity index (χ4v) is 3.80. The minimum Gasteiger partial charge on any atom is -0.315 e. The van der Waals surface area contributed by atoms with E-state index in [0.717, 1.165) is 13.0 Å². The fraction of sp³-hybridized carbons (Fsp3) is 1.00. The summed E-state index contributed by atoms with van der Waals surface area (Å²) in [5.74, 6) is 1.08. The van der Waals surface area contributed by atoms with Crippen LogP contribution in [0.15, 0.2) is 0 Å². The standard InChI is InChI=1S/C11H22ClNO2S/c1-2-7-16(14,15)8-6-13-9-10-4-3-5-11(10)12/h10-11,13H,2-9H2,1H3. The Bertz CT molecular complexity index is 292. The van der Waals surface area contributed by atoms with Crippen LogP contribution in [0, 0.1) is 5.92 Å². The first-order valence-corrected chi connectivity index (χ1v) is 8.36. The Morgan fingerprint density at radius 1 is 1.31 bits per heavy atom. The van der Waals surface area contributed by atoms with Crippen molar-refractivity contribution in [1.29, 1.82) is 0 Å². The van der Waals surface area contributed by atoms with Crippen LogP contribution in [-0.4, -0.2) is 38.4 Å². The van der Waals surface area contributed by atoms with Crippen LogP contribution in [0.4, 0.5) is 0 Å². The average Bonchev–Trinajstić information content (AvgIpc) is 2.59. The van der Waals surface area contributed by atoms with Crippen molar-refractivity contribution >= 4 is 21.4 Å². The van der Waals surface area contributed by atoms with E-state index < -0.39 is 9.84 Å². The Hall–Kier alpha value is 0.200. The number of sulfone groups is 1. The first kappa shape index (κ1) is 14.3. The molecule has 0 heterocycles. The Labute approximate surface area is 104 Å². The molecule has 16 heavy (non-hydrogen) atoms. The highest BCUT2D eigenvalue weighted by Gasteiger charge is 2.24. The second-order valence-electron chi connectivity index (χ2n) is 4.56. The van der Waals surface area contributed by atoms with Gasteiger partial charge < -0.3 is 5.32 Å². The van der Waals surface area contributed by atoms with Crippen LogP contribution in [0.3, 0.4) is 0 Å². The van der Waals surface area contributed by atoms with E-state index in [1.165, 1.54) is 12.8 Å². The van der Waals surface area contributed by atoms with Crippen LogP contribution in [0.25, 0.3) is 0 Å². The van der Waals surface area contributed by atoms with Crippen LogP contribution in [0.2, 0.25) is 0 Å². The highest BCUT2D eigenvalue weighted by molar-refractivity contribution is 7.91. The predicted octanol–water partition coefficient (Wildman–Crippen LogP) is 1.81. The SMILES string of the molecule is CCCS(=O)(=O)CCNCC1CCCC1Cl. The molecule has 0 saturated heterocycles. The summed E-state index contributed by atoms with van der Waals surface area (Å²) in [4.78, 5) is 0. The summed E-state index contributed by atoms with van der Waals surface area (Å²) in [7, 11) is -2.84. The average molecular weight is 268 g/mol. The molecular formula is C11H22ClNO2S. The van der Waals surface area contributed by atoms with Crippen molar-refractivity contribution in [3.63, 3.8) is 0 Å². The number of nitrogens with one attached hydrogen (secondary N) is 1. The zero-order valence-corrected chi connectivity index (χ0v) is 11.5. The maximum absolute atomic E-state index is 11.4. The van der Waals surface area contributed by atoms with E-state index in [4.69, 9.17) is 11.6 Å². The number of rotatable bonds is 7. The second-order valence-corrected chi connectivity index (χ2v) is 7.43. The van der Waals surface area contributed by atoms with Gasteiger partial charge in [0.05, 0.1) is 5.75 Å². The number of hydrogen-bond acceptors (Lipinski definition) is 3. The Morgan fingerprint density at radius 2 is 2.06 bits per heavy atom. The molecule has 1 aliphatic carbocycles. The summed E-state index contributed by atoms with van der Waals surface area (Å²) in [5, 5.41) is 3.49. The minimum absolute atomic E-state index is 0.251. The van der Waals surface area contributed by atoms with Crippen LogP contribution in [0.1, 0.15) is 32.6 Å². The summed E-state index contributed by atoms with van der Waals surface area (Å²) in [5.41, 5.74) is 0.